The van der Waals surface area contributed by atoms with Crippen LogP contribution in [0.1, 0.15) is 50.5 Å². The normalized spacial score (nSPS) is 26.8. The van der Waals surface area contributed by atoms with Gasteiger partial charge >= 0.3 is 0 Å². The fourth-order valence-corrected chi connectivity index (χ4v) is 4.28. The van der Waals surface area contributed by atoms with E-state index in [4.69, 9.17) is 0 Å². The first-order chi connectivity index (χ1) is 9.20. The van der Waals surface area contributed by atoms with Gasteiger partial charge in [0.25, 0.3) is 0 Å². The van der Waals surface area contributed by atoms with Crippen molar-refractivity contribution in [3.05, 3.63) is 35.6 Å². The third-order valence-corrected chi connectivity index (χ3v) is 5.60. The summed E-state index contributed by atoms with van der Waals surface area (Å²) in [6.45, 7) is 1.09. The van der Waals surface area contributed by atoms with Gasteiger partial charge in [-0.3, -0.25) is 0 Å². The van der Waals surface area contributed by atoms with Gasteiger partial charge in [-0.1, -0.05) is 18.6 Å². The summed E-state index contributed by atoms with van der Waals surface area (Å²) in [6, 6.07) is 8.03. The van der Waals surface area contributed by atoms with Crippen molar-refractivity contribution >= 4 is 0 Å². The lowest BCUT2D eigenvalue weighted by atomic mass is 9.43. The summed E-state index contributed by atoms with van der Waals surface area (Å²) in [7, 11) is 0. The van der Waals surface area contributed by atoms with Crippen LogP contribution in [0.5, 0.6) is 0 Å². The summed E-state index contributed by atoms with van der Waals surface area (Å²) in [6.07, 6.45) is 9.54. The van der Waals surface area contributed by atoms with E-state index in [2.05, 4.69) is 5.32 Å². The molecule has 3 fully saturated rings. The summed E-state index contributed by atoms with van der Waals surface area (Å²) in [5, 5.41) is 3.70. The molecule has 3 aliphatic carbocycles. The summed E-state index contributed by atoms with van der Waals surface area (Å²) >= 11 is 0. The third kappa shape index (κ3) is 2.01. The van der Waals surface area contributed by atoms with Crippen LogP contribution in [0.25, 0.3) is 0 Å². The van der Waals surface area contributed by atoms with Crippen molar-refractivity contribution in [3.8, 4) is 0 Å². The highest BCUT2D eigenvalue weighted by atomic mass is 19.1. The lowest BCUT2D eigenvalue weighted by Gasteiger charge is -2.62. The molecular weight excluding hydrogens is 237 g/mol. The quantitative estimate of drug-likeness (QED) is 0.867. The van der Waals surface area contributed by atoms with E-state index >= 15 is 0 Å². The molecule has 102 valence electrons. The zero-order valence-electron chi connectivity index (χ0n) is 11.4. The largest absolute Gasteiger partial charge is 0.313 e. The maximum absolute atomic E-state index is 13.1. The smallest absolute Gasteiger partial charge is 0.123 e. The Balaban J connectivity index is 1.54. The van der Waals surface area contributed by atoms with Gasteiger partial charge in [0, 0.05) is 18.0 Å². The zero-order valence-corrected chi connectivity index (χ0v) is 11.4. The van der Waals surface area contributed by atoms with E-state index in [1.54, 1.807) is 12.1 Å². The molecule has 0 bridgehead atoms. The molecule has 1 aromatic rings. The van der Waals surface area contributed by atoms with Crippen LogP contribution in [0.2, 0.25) is 0 Å². The average molecular weight is 259 g/mol. The molecule has 0 unspecified atom stereocenters. The van der Waals surface area contributed by atoms with E-state index in [1.165, 1.54) is 50.5 Å². The number of rotatable bonds is 4. The van der Waals surface area contributed by atoms with E-state index in [9.17, 15) is 4.39 Å². The summed E-state index contributed by atoms with van der Waals surface area (Å²) in [5.74, 6) is -0.119. The van der Waals surface area contributed by atoms with Crippen LogP contribution in [0, 0.1) is 11.2 Å². The zero-order chi connectivity index (χ0) is 12.9. The molecule has 0 atom stereocenters. The molecule has 0 saturated heterocycles. The standard InChI is InChI=1S/C17H22FN/c18-14-4-2-13(3-5-14)17(12-19-15-6-7-15)10-16(11-17)8-1-9-16/h2-5,15,19H,1,6-12H2. The molecule has 0 aromatic heterocycles. The molecule has 0 amide bonds. The average Bonchev–Trinajstić information content (AvgIpc) is 3.11. The number of nitrogens with one attached hydrogen (secondary N) is 1. The second kappa shape index (κ2) is 4.05. The number of hydrogen-bond donors (Lipinski definition) is 1. The Hall–Kier alpha value is -0.890. The van der Waals surface area contributed by atoms with Gasteiger partial charge in [-0.15, -0.1) is 0 Å². The van der Waals surface area contributed by atoms with Crippen LogP contribution in [-0.4, -0.2) is 12.6 Å². The Labute approximate surface area is 114 Å². The topological polar surface area (TPSA) is 12.0 Å². The molecule has 2 heteroatoms. The Bertz CT molecular complexity index is 463. The Kier molecular flexibility index (Phi) is 2.54. The molecule has 1 nitrogen and oxygen atoms in total. The predicted molar refractivity (Wildman–Crippen MR) is 74.6 cm³/mol. The fourth-order valence-electron chi connectivity index (χ4n) is 4.28. The highest BCUT2D eigenvalue weighted by molar-refractivity contribution is 5.32. The predicted octanol–water partition coefficient (Wildman–Crippen LogP) is 3.78. The molecule has 3 aliphatic rings. The molecule has 0 aliphatic heterocycles. The first-order valence-electron chi connectivity index (χ1n) is 7.69. The number of hydrogen-bond acceptors (Lipinski definition) is 1. The Morgan fingerprint density at radius 2 is 1.79 bits per heavy atom. The van der Waals surface area contributed by atoms with Crippen molar-refractivity contribution < 1.29 is 4.39 Å². The molecule has 1 spiro atoms. The van der Waals surface area contributed by atoms with Gasteiger partial charge in [-0.05, 0) is 61.6 Å². The Morgan fingerprint density at radius 3 is 2.32 bits per heavy atom. The van der Waals surface area contributed by atoms with Crippen molar-refractivity contribution in [2.45, 2.75) is 56.4 Å². The second-order valence-corrected chi connectivity index (χ2v) is 7.15. The van der Waals surface area contributed by atoms with E-state index in [-0.39, 0.29) is 11.2 Å². The molecule has 19 heavy (non-hydrogen) atoms. The fraction of sp³-hybridized carbons (Fsp3) is 0.647. The van der Waals surface area contributed by atoms with Gasteiger partial charge in [-0.2, -0.15) is 0 Å². The van der Waals surface area contributed by atoms with Crippen LogP contribution < -0.4 is 5.32 Å². The molecule has 0 heterocycles. The van der Waals surface area contributed by atoms with E-state index in [0.29, 0.717) is 5.41 Å². The molecular formula is C17H22FN. The molecule has 4 rings (SSSR count). The molecule has 1 aromatic carbocycles. The van der Waals surface area contributed by atoms with Crippen LogP contribution >= 0.6 is 0 Å². The Morgan fingerprint density at radius 1 is 1.11 bits per heavy atom. The van der Waals surface area contributed by atoms with Crippen molar-refractivity contribution in [2.75, 3.05) is 6.54 Å². The highest BCUT2D eigenvalue weighted by Crippen LogP contribution is 2.64. The minimum Gasteiger partial charge on any atom is -0.313 e. The molecule has 0 radical (unpaired) electrons. The lowest BCUT2D eigenvalue weighted by Crippen LogP contribution is -2.57. The van der Waals surface area contributed by atoms with E-state index in [1.807, 2.05) is 12.1 Å². The van der Waals surface area contributed by atoms with Crippen LogP contribution in [0.4, 0.5) is 4.39 Å². The lowest BCUT2D eigenvalue weighted by molar-refractivity contribution is -0.0484. The second-order valence-electron chi connectivity index (χ2n) is 7.15. The van der Waals surface area contributed by atoms with Gasteiger partial charge in [0.1, 0.15) is 5.82 Å². The highest BCUT2D eigenvalue weighted by Gasteiger charge is 2.57. The summed E-state index contributed by atoms with van der Waals surface area (Å²) in [5.41, 5.74) is 2.29. The van der Waals surface area contributed by atoms with E-state index < -0.39 is 0 Å². The van der Waals surface area contributed by atoms with Crippen molar-refractivity contribution in [1.29, 1.82) is 0 Å². The number of halogens is 1. The molecule has 3 saturated carbocycles. The number of benzene rings is 1. The first-order valence-corrected chi connectivity index (χ1v) is 7.69. The first kappa shape index (κ1) is 11.9. The minimum atomic E-state index is -0.119. The van der Waals surface area contributed by atoms with Gasteiger partial charge in [-0.25, -0.2) is 4.39 Å². The third-order valence-electron chi connectivity index (χ3n) is 5.60. The van der Waals surface area contributed by atoms with Crippen LogP contribution in [-0.2, 0) is 5.41 Å². The van der Waals surface area contributed by atoms with Crippen molar-refractivity contribution in [1.82, 2.24) is 5.32 Å². The maximum atomic E-state index is 13.1. The van der Waals surface area contributed by atoms with Gasteiger partial charge in [0.05, 0.1) is 0 Å². The minimum absolute atomic E-state index is 0.119. The summed E-state index contributed by atoms with van der Waals surface area (Å²) < 4.78 is 13.1. The van der Waals surface area contributed by atoms with Gasteiger partial charge < -0.3 is 5.32 Å². The van der Waals surface area contributed by atoms with E-state index in [0.717, 1.165) is 12.6 Å². The SMILES string of the molecule is Fc1ccc(C2(CNC3CC3)CC3(CCC3)C2)cc1. The van der Waals surface area contributed by atoms with Gasteiger partial charge in [0.15, 0.2) is 0 Å². The van der Waals surface area contributed by atoms with Crippen molar-refractivity contribution in [2.24, 2.45) is 5.41 Å². The van der Waals surface area contributed by atoms with Crippen molar-refractivity contribution in [3.63, 3.8) is 0 Å². The monoisotopic (exact) mass is 259 g/mol. The summed E-state index contributed by atoms with van der Waals surface area (Å²) in [4.78, 5) is 0. The van der Waals surface area contributed by atoms with Crippen LogP contribution in [0.15, 0.2) is 24.3 Å². The van der Waals surface area contributed by atoms with Crippen LogP contribution in [0.3, 0.4) is 0 Å². The van der Waals surface area contributed by atoms with Gasteiger partial charge in [0.2, 0.25) is 0 Å². The molecule has 1 N–H and O–H groups in total. The maximum Gasteiger partial charge on any atom is 0.123 e.